The topological polar surface area (TPSA) is 35.1 Å². The second-order valence-corrected chi connectivity index (χ2v) is 8.32. The van der Waals surface area contributed by atoms with E-state index in [1.165, 1.54) is 33.4 Å². The van der Waals surface area contributed by atoms with Crippen LogP contribution in [-0.4, -0.2) is 28.9 Å². The minimum atomic E-state index is -0.250. The summed E-state index contributed by atoms with van der Waals surface area (Å²) in [5, 5.41) is 12.3. The SMILES string of the molecule is C[C@@H](c1nnc(SCc2cccc3ccccc23)n1-c1ccc(F)cc1)[NH+](C)C. The first-order chi connectivity index (χ1) is 14.0. The van der Waals surface area contributed by atoms with Crippen LogP contribution in [0, 0.1) is 5.82 Å². The van der Waals surface area contributed by atoms with E-state index in [4.69, 9.17) is 0 Å². The van der Waals surface area contributed by atoms with Crippen molar-refractivity contribution in [2.24, 2.45) is 0 Å². The monoisotopic (exact) mass is 407 g/mol. The van der Waals surface area contributed by atoms with Gasteiger partial charge in [0, 0.05) is 11.4 Å². The van der Waals surface area contributed by atoms with Crippen molar-refractivity contribution in [1.82, 2.24) is 14.8 Å². The summed E-state index contributed by atoms with van der Waals surface area (Å²) in [6.45, 7) is 2.12. The second kappa shape index (κ2) is 8.35. The normalized spacial score (nSPS) is 12.6. The molecule has 0 unspecified atom stereocenters. The average Bonchev–Trinajstić information content (AvgIpc) is 3.16. The molecule has 1 atom stereocenters. The predicted octanol–water partition coefficient (Wildman–Crippen LogP) is 4.06. The Hall–Kier alpha value is -2.70. The van der Waals surface area contributed by atoms with Gasteiger partial charge in [-0.25, -0.2) is 4.39 Å². The number of hydrogen-bond acceptors (Lipinski definition) is 3. The summed E-state index contributed by atoms with van der Waals surface area (Å²) in [6.07, 6.45) is 0. The lowest BCUT2D eigenvalue weighted by Gasteiger charge is -2.18. The van der Waals surface area contributed by atoms with E-state index in [2.05, 4.69) is 73.7 Å². The van der Waals surface area contributed by atoms with E-state index in [0.29, 0.717) is 0 Å². The first-order valence-corrected chi connectivity index (χ1v) is 10.6. The molecule has 0 aliphatic carbocycles. The Bertz CT molecular complexity index is 1120. The Kier molecular flexibility index (Phi) is 5.65. The van der Waals surface area contributed by atoms with Gasteiger partial charge in [-0.3, -0.25) is 4.57 Å². The number of nitrogens with one attached hydrogen (secondary N) is 1. The smallest absolute Gasteiger partial charge is 0.196 e. The number of hydrogen-bond donors (Lipinski definition) is 1. The van der Waals surface area contributed by atoms with Crippen LogP contribution in [0.3, 0.4) is 0 Å². The van der Waals surface area contributed by atoms with Crippen LogP contribution < -0.4 is 4.90 Å². The van der Waals surface area contributed by atoms with Crippen molar-refractivity contribution in [3.63, 3.8) is 0 Å². The molecule has 6 heteroatoms. The maximum atomic E-state index is 13.5. The summed E-state index contributed by atoms with van der Waals surface area (Å²) in [5.74, 6) is 1.40. The van der Waals surface area contributed by atoms with Gasteiger partial charge in [-0.05, 0) is 47.5 Å². The van der Waals surface area contributed by atoms with Gasteiger partial charge in [0.2, 0.25) is 0 Å². The molecule has 0 aliphatic rings. The highest BCUT2D eigenvalue weighted by atomic mass is 32.2. The van der Waals surface area contributed by atoms with Crippen molar-refractivity contribution in [2.75, 3.05) is 14.1 Å². The van der Waals surface area contributed by atoms with Crippen molar-refractivity contribution >= 4 is 22.5 Å². The van der Waals surface area contributed by atoms with Crippen molar-refractivity contribution < 1.29 is 9.29 Å². The van der Waals surface area contributed by atoms with Crippen molar-refractivity contribution in [3.8, 4) is 5.69 Å². The molecule has 0 bridgehead atoms. The molecule has 0 aliphatic heterocycles. The molecule has 0 saturated heterocycles. The van der Waals surface area contributed by atoms with Gasteiger partial charge < -0.3 is 4.90 Å². The molecule has 1 aromatic heterocycles. The zero-order valence-corrected chi connectivity index (χ0v) is 17.6. The minimum absolute atomic E-state index is 0.152. The summed E-state index contributed by atoms with van der Waals surface area (Å²) >= 11 is 1.65. The summed E-state index contributed by atoms with van der Waals surface area (Å²) in [4.78, 5) is 1.26. The highest BCUT2D eigenvalue weighted by Crippen LogP contribution is 2.29. The molecule has 0 radical (unpaired) electrons. The fourth-order valence-corrected chi connectivity index (χ4v) is 4.27. The molecule has 0 amide bonds. The van der Waals surface area contributed by atoms with Crippen LogP contribution in [0.1, 0.15) is 24.4 Å². The molecule has 1 heterocycles. The number of quaternary nitrogens is 1. The zero-order chi connectivity index (χ0) is 20.4. The molecule has 1 N–H and O–H groups in total. The van der Waals surface area contributed by atoms with Gasteiger partial charge in [-0.15, -0.1) is 10.2 Å². The van der Waals surface area contributed by atoms with E-state index in [9.17, 15) is 4.39 Å². The van der Waals surface area contributed by atoms with E-state index in [0.717, 1.165) is 22.4 Å². The largest absolute Gasteiger partial charge is 0.331 e. The number of halogens is 1. The van der Waals surface area contributed by atoms with E-state index >= 15 is 0 Å². The second-order valence-electron chi connectivity index (χ2n) is 7.38. The fourth-order valence-electron chi connectivity index (χ4n) is 3.31. The predicted molar refractivity (Wildman–Crippen MR) is 116 cm³/mol. The average molecular weight is 408 g/mol. The quantitative estimate of drug-likeness (QED) is 0.490. The number of nitrogens with zero attached hydrogens (tertiary/aromatic N) is 3. The molecule has 148 valence electrons. The molecule has 0 saturated carbocycles. The standard InChI is InChI=1S/C23H23FN4S/c1-16(27(2)3)22-25-26-23(28(22)20-13-11-19(24)12-14-20)29-15-18-9-6-8-17-7-4-5-10-21(17)18/h4-14,16H,15H2,1-3H3/p+1/t16-/m0/s1. The van der Waals surface area contributed by atoms with Gasteiger partial charge in [0.1, 0.15) is 11.9 Å². The van der Waals surface area contributed by atoms with Crippen LogP contribution in [0.15, 0.2) is 71.9 Å². The fraction of sp³-hybridized carbons (Fsp3) is 0.217. The first kappa shape index (κ1) is 19.6. The molecule has 29 heavy (non-hydrogen) atoms. The Morgan fingerprint density at radius 2 is 1.69 bits per heavy atom. The first-order valence-electron chi connectivity index (χ1n) is 9.65. The number of fused-ring (bicyclic) bond motifs is 1. The third-order valence-electron chi connectivity index (χ3n) is 5.23. The van der Waals surface area contributed by atoms with Crippen LogP contribution in [0.5, 0.6) is 0 Å². The Morgan fingerprint density at radius 1 is 0.966 bits per heavy atom. The summed E-state index contributed by atoms with van der Waals surface area (Å²) in [7, 11) is 4.19. The lowest BCUT2D eigenvalue weighted by molar-refractivity contribution is -0.890. The van der Waals surface area contributed by atoms with Gasteiger partial charge in [-0.1, -0.05) is 54.2 Å². The van der Waals surface area contributed by atoms with Crippen LogP contribution >= 0.6 is 11.8 Å². The van der Waals surface area contributed by atoms with Crippen LogP contribution in [-0.2, 0) is 5.75 Å². The van der Waals surface area contributed by atoms with Crippen molar-refractivity contribution in [1.29, 1.82) is 0 Å². The van der Waals surface area contributed by atoms with Gasteiger partial charge in [-0.2, -0.15) is 0 Å². The molecule has 4 rings (SSSR count). The van der Waals surface area contributed by atoms with Crippen molar-refractivity contribution in [3.05, 3.63) is 83.9 Å². The van der Waals surface area contributed by atoms with Crippen molar-refractivity contribution in [2.45, 2.75) is 23.9 Å². The Morgan fingerprint density at radius 3 is 2.45 bits per heavy atom. The maximum Gasteiger partial charge on any atom is 0.196 e. The number of aromatic nitrogens is 3. The molecule has 3 aromatic carbocycles. The van der Waals surface area contributed by atoms with E-state index in [1.54, 1.807) is 23.9 Å². The minimum Gasteiger partial charge on any atom is -0.331 e. The van der Waals surface area contributed by atoms with E-state index in [1.807, 2.05) is 4.57 Å². The third-order valence-corrected chi connectivity index (χ3v) is 6.21. The summed E-state index contributed by atoms with van der Waals surface area (Å²) in [6, 6.07) is 21.4. The highest BCUT2D eigenvalue weighted by Gasteiger charge is 2.23. The third kappa shape index (κ3) is 4.04. The number of thioether (sulfide) groups is 1. The van der Waals surface area contributed by atoms with E-state index in [-0.39, 0.29) is 11.9 Å². The lowest BCUT2D eigenvalue weighted by Crippen LogP contribution is -3.05. The van der Waals surface area contributed by atoms with Gasteiger partial charge in [0.15, 0.2) is 11.0 Å². The van der Waals surface area contributed by atoms with Gasteiger partial charge >= 0.3 is 0 Å². The number of rotatable bonds is 6. The molecule has 4 aromatic rings. The molecular weight excluding hydrogens is 383 g/mol. The highest BCUT2D eigenvalue weighted by molar-refractivity contribution is 7.98. The maximum absolute atomic E-state index is 13.5. The molecule has 0 spiro atoms. The Labute approximate surface area is 174 Å². The number of benzene rings is 3. The lowest BCUT2D eigenvalue weighted by atomic mass is 10.1. The molecular formula is C23H24FN4S+. The Balaban J connectivity index is 1.71. The van der Waals surface area contributed by atoms with Gasteiger partial charge in [0.05, 0.1) is 14.1 Å². The summed E-state index contributed by atoms with van der Waals surface area (Å²) in [5.41, 5.74) is 2.13. The molecule has 4 nitrogen and oxygen atoms in total. The zero-order valence-electron chi connectivity index (χ0n) is 16.8. The molecule has 0 fully saturated rings. The van der Waals surface area contributed by atoms with Crippen LogP contribution in [0.25, 0.3) is 16.5 Å². The summed E-state index contributed by atoms with van der Waals surface area (Å²) < 4.78 is 15.5. The van der Waals surface area contributed by atoms with Gasteiger partial charge in [0.25, 0.3) is 0 Å². The van der Waals surface area contributed by atoms with Crippen LogP contribution in [0.4, 0.5) is 4.39 Å². The van der Waals surface area contributed by atoms with Crippen LogP contribution in [0.2, 0.25) is 0 Å². The van der Waals surface area contributed by atoms with E-state index < -0.39 is 0 Å².